The Bertz CT molecular complexity index is 1400. The molecule has 0 saturated heterocycles. The number of hydrogen-bond donors (Lipinski definition) is 1. The highest BCUT2D eigenvalue weighted by atomic mass is 32.1. The highest BCUT2D eigenvalue weighted by Crippen LogP contribution is 2.37. The molecule has 6 nitrogen and oxygen atoms in total. The standard InChI is InChI=1S/C24H17N3O3S/c1-13-14(2)31-24(18(13)11-25)27-23(28)17-10-20(26-19-6-4-3-5-16(17)19)15-7-8-21-22(9-15)30-12-29-21/h3-10H,12H2,1-2H3,(H,27,28). The lowest BCUT2D eigenvalue weighted by atomic mass is 10.0. The molecule has 0 atom stereocenters. The molecule has 1 aliphatic rings. The highest BCUT2D eigenvalue weighted by Gasteiger charge is 2.20. The maximum atomic E-state index is 13.3. The zero-order chi connectivity index (χ0) is 21.5. The smallest absolute Gasteiger partial charge is 0.257 e. The van der Waals surface area contributed by atoms with E-state index in [0.29, 0.717) is 38.8 Å². The van der Waals surface area contributed by atoms with Crippen molar-refractivity contribution in [2.45, 2.75) is 13.8 Å². The molecule has 0 aliphatic carbocycles. The summed E-state index contributed by atoms with van der Waals surface area (Å²) in [5, 5.41) is 13.8. The van der Waals surface area contributed by atoms with Crippen LogP contribution in [0.3, 0.4) is 0 Å². The molecule has 0 fully saturated rings. The van der Waals surface area contributed by atoms with Crippen LogP contribution in [0.15, 0.2) is 48.5 Å². The third kappa shape index (κ3) is 3.27. The fourth-order valence-corrected chi connectivity index (χ4v) is 4.59. The number of para-hydroxylation sites is 1. The van der Waals surface area contributed by atoms with Crippen molar-refractivity contribution in [3.63, 3.8) is 0 Å². The van der Waals surface area contributed by atoms with E-state index in [1.165, 1.54) is 11.3 Å². The molecule has 0 spiro atoms. The van der Waals surface area contributed by atoms with Gasteiger partial charge in [0.1, 0.15) is 11.1 Å². The molecule has 4 aromatic rings. The quantitative estimate of drug-likeness (QED) is 0.471. The molecule has 0 unspecified atom stereocenters. The van der Waals surface area contributed by atoms with Gasteiger partial charge in [-0.15, -0.1) is 11.3 Å². The highest BCUT2D eigenvalue weighted by molar-refractivity contribution is 7.16. The van der Waals surface area contributed by atoms with Gasteiger partial charge in [-0.05, 0) is 49.7 Å². The summed E-state index contributed by atoms with van der Waals surface area (Å²) in [7, 11) is 0. The molecule has 1 amide bonds. The predicted octanol–water partition coefficient (Wildman–Crippen LogP) is 5.43. The van der Waals surface area contributed by atoms with Crippen LogP contribution in [0.4, 0.5) is 5.00 Å². The van der Waals surface area contributed by atoms with Gasteiger partial charge in [-0.25, -0.2) is 4.98 Å². The minimum absolute atomic E-state index is 0.193. The van der Waals surface area contributed by atoms with Crippen LogP contribution in [0.5, 0.6) is 11.5 Å². The third-order valence-electron chi connectivity index (χ3n) is 5.35. The molecule has 0 radical (unpaired) electrons. The molecule has 31 heavy (non-hydrogen) atoms. The van der Waals surface area contributed by atoms with Crippen LogP contribution in [0.25, 0.3) is 22.2 Å². The number of fused-ring (bicyclic) bond motifs is 2. The van der Waals surface area contributed by atoms with Crippen molar-refractivity contribution in [1.29, 1.82) is 5.26 Å². The number of rotatable bonds is 3. The number of nitriles is 1. The van der Waals surface area contributed by atoms with E-state index in [9.17, 15) is 10.1 Å². The van der Waals surface area contributed by atoms with Crippen LogP contribution >= 0.6 is 11.3 Å². The second kappa shape index (κ2) is 7.42. The van der Waals surface area contributed by atoms with E-state index in [4.69, 9.17) is 14.5 Å². The average Bonchev–Trinajstić information content (AvgIpc) is 3.36. The molecule has 3 heterocycles. The molecule has 0 bridgehead atoms. The summed E-state index contributed by atoms with van der Waals surface area (Å²) >= 11 is 1.41. The van der Waals surface area contributed by atoms with E-state index in [1.54, 1.807) is 6.07 Å². The van der Waals surface area contributed by atoms with Gasteiger partial charge >= 0.3 is 0 Å². The Kier molecular flexibility index (Phi) is 4.57. The Labute approximate surface area is 182 Å². The predicted molar refractivity (Wildman–Crippen MR) is 120 cm³/mol. The van der Waals surface area contributed by atoms with Gasteiger partial charge in [0.15, 0.2) is 11.5 Å². The monoisotopic (exact) mass is 427 g/mol. The van der Waals surface area contributed by atoms with Crippen molar-refractivity contribution in [2.24, 2.45) is 0 Å². The number of pyridine rings is 1. The molecule has 7 heteroatoms. The van der Waals surface area contributed by atoms with E-state index in [2.05, 4.69) is 11.4 Å². The Hall–Kier alpha value is -3.89. The summed E-state index contributed by atoms with van der Waals surface area (Å²) < 4.78 is 10.9. The number of nitrogens with one attached hydrogen (secondary N) is 1. The number of nitrogens with zero attached hydrogens (tertiary/aromatic N) is 2. The van der Waals surface area contributed by atoms with Gasteiger partial charge in [0.25, 0.3) is 5.91 Å². The first-order chi connectivity index (χ1) is 15.0. The minimum Gasteiger partial charge on any atom is -0.454 e. The first-order valence-corrected chi connectivity index (χ1v) is 10.5. The van der Waals surface area contributed by atoms with E-state index in [-0.39, 0.29) is 12.7 Å². The van der Waals surface area contributed by atoms with Crippen LogP contribution in [0, 0.1) is 25.2 Å². The maximum Gasteiger partial charge on any atom is 0.257 e. The van der Waals surface area contributed by atoms with Crippen LogP contribution in [0.2, 0.25) is 0 Å². The molecule has 1 N–H and O–H groups in total. The molecule has 2 aromatic carbocycles. The summed E-state index contributed by atoms with van der Waals surface area (Å²) in [4.78, 5) is 19.1. The van der Waals surface area contributed by atoms with Crippen molar-refractivity contribution in [3.05, 3.63) is 70.1 Å². The number of anilines is 1. The van der Waals surface area contributed by atoms with E-state index in [1.807, 2.05) is 56.3 Å². The topological polar surface area (TPSA) is 84.2 Å². The van der Waals surface area contributed by atoms with Gasteiger partial charge in [-0.2, -0.15) is 5.26 Å². The fourth-order valence-electron chi connectivity index (χ4n) is 3.59. The Morgan fingerprint density at radius 2 is 1.94 bits per heavy atom. The minimum atomic E-state index is -0.279. The molecule has 1 aliphatic heterocycles. The van der Waals surface area contributed by atoms with Crippen molar-refractivity contribution in [3.8, 4) is 28.8 Å². The number of carbonyl (C=O) groups is 1. The van der Waals surface area contributed by atoms with Gasteiger partial charge in [-0.3, -0.25) is 4.79 Å². The lowest BCUT2D eigenvalue weighted by Gasteiger charge is -2.11. The fraction of sp³-hybridized carbons (Fsp3) is 0.125. The van der Waals surface area contributed by atoms with Crippen molar-refractivity contribution in [1.82, 2.24) is 4.98 Å². The normalized spacial score (nSPS) is 12.0. The van der Waals surface area contributed by atoms with Crippen LogP contribution in [0.1, 0.15) is 26.4 Å². The Morgan fingerprint density at radius 3 is 2.77 bits per heavy atom. The second-order valence-electron chi connectivity index (χ2n) is 7.19. The number of amides is 1. The van der Waals surface area contributed by atoms with Gasteiger partial charge < -0.3 is 14.8 Å². The first kappa shape index (κ1) is 19.1. The summed E-state index contributed by atoms with van der Waals surface area (Å²) in [6.45, 7) is 4.02. The molecular weight excluding hydrogens is 410 g/mol. The zero-order valence-electron chi connectivity index (χ0n) is 16.9. The van der Waals surface area contributed by atoms with Gasteiger partial charge in [0.2, 0.25) is 6.79 Å². The Balaban J connectivity index is 1.60. The van der Waals surface area contributed by atoms with E-state index < -0.39 is 0 Å². The summed E-state index contributed by atoms with van der Waals surface area (Å²) in [5.41, 5.74) is 4.08. The van der Waals surface area contributed by atoms with Crippen molar-refractivity contribution in [2.75, 3.05) is 12.1 Å². The van der Waals surface area contributed by atoms with Crippen LogP contribution in [-0.2, 0) is 0 Å². The maximum absolute atomic E-state index is 13.3. The number of aromatic nitrogens is 1. The molecular formula is C24H17N3O3S. The zero-order valence-corrected chi connectivity index (χ0v) is 17.7. The molecule has 2 aromatic heterocycles. The first-order valence-electron chi connectivity index (χ1n) is 9.66. The summed E-state index contributed by atoms with van der Waals surface area (Å²) in [6.07, 6.45) is 0. The molecule has 0 saturated carbocycles. The molecule has 5 rings (SSSR count). The van der Waals surface area contributed by atoms with Gasteiger partial charge in [-0.1, -0.05) is 18.2 Å². The van der Waals surface area contributed by atoms with Crippen LogP contribution < -0.4 is 14.8 Å². The van der Waals surface area contributed by atoms with Crippen LogP contribution in [-0.4, -0.2) is 17.7 Å². The number of carbonyl (C=O) groups excluding carboxylic acids is 1. The number of hydrogen-bond acceptors (Lipinski definition) is 6. The lowest BCUT2D eigenvalue weighted by molar-refractivity contribution is 0.102. The molecule has 152 valence electrons. The third-order valence-corrected chi connectivity index (χ3v) is 6.48. The van der Waals surface area contributed by atoms with Crippen molar-refractivity contribution < 1.29 is 14.3 Å². The largest absolute Gasteiger partial charge is 0.454 e. The lowest BCUT2D eigenvalue weighted by Crippen LogP contribution is -2.13. The Morgan fingerprint density at radius 1 is 1.13 bits per heavy atom. The van der Waals surface area contributed by atoms with Gasteiger partial charge in [0.05, 0.1) is 22.3 Å². The van der Waals surface area contributed by atoms with E-state index >= 15 is 0 Å². The number of benzene rings is 2. The van der Waals surface area contributed by atoms with Crippen molar-refractivity contribution >= 4 is 33.1 Å². The summed E-state index contributed by atoms with van der Waals surface area (Å²) in [6, 6.07) is 17.1. The summed E-state index contributed by atoms with van der Waals surface area (Å²) in [5.74, 6) is 1.06. The number of ether oxygens (including phenoxy) is 2. The van der Waals surface area contributed by atoms with E-state index in [0.717, 1.165) is 21.4 Å². The average molecular weight is 427 g/mol. The second-order valence-corrected chi connectivity index (χ2v) is 8.42. The van der Waals surface area contributed by atoms with Gasteiger partial charge in [0, 0.05) is 15.8 Å². The SMILES string of the molecule is Cc1sc(NC(=O)c2cc(-c3ccc4c(c3)OCO4)nc3ccccc23)c(C#N)c1C. The number of aryl methyl sites for hydroxylation is 1. The number of thiophene rings is 1.